The Morgan fingerprint density at radius 2 is 1.67 bits per heavy atom. The number of pyridine rings is 1. The molecule has 1 saturated heterocycles. The fourth-order valence-electron chi connectivity index (χ4n) is 3.48. The number of halogens is 3. The molecule has 2 heterocycles. The van der Waals surface area contributed by atoms with Crippen molar-refractivity contribution in [2.45, 2.75) is 71.4 Å². The minimum absolute atomic E-state index is 0.0436. The second-order valence-corrected chi connectivity index (χ2v) is 10.5. The lowest BCUT2D eigenvalue weighted by molar-refractivity contribution is -0.137. The highest BCUT2D eigenvalue weighted by atomic mass is 19.4. The minimum Gasteiger partial charge on any atom is -0.464 e. The van der Waals surface area contributed by atoms with E-state index in [4.69, 9.17) is 18.9 Å². The third-order valence-corrected chi connectivity index (χ3v) is 4.90. The van der Waals surface area contributed by atoms with Crippen LogP contribution in [0.25, 0.3) is 0 Å². The zero-order valence-electron chi connectivity index (χ0n) is 22.8. The third kappa shape index (κ3) is 7.91. The fourth-order valence-corrected chi connectivity index (χ4v) is 3.48. The Morgan fingerprint density at radius 1 is 1.13 bits per heavy atom. The normalized spacial score (nSPS) is 16.4. The van der Waals surface area contributed by atoms with E-state index in [1.807, 2.05) is 0 Å². The van der Waals surface area contributed by atoms with Crippen LogP contribution in [0.4, 0.5) is 34.3 Å². The number of methoxy groups -OCH3 is 1. The summed E-state index contributed by atoms with van der Waals surface area (Å²) in [5.74, 6) is -3.08. The highest BCUT2D eigenvalue weighted by Gasteiger charge is 2.44. The molecule has 1 aromatic heterocycles. The molecule has 11 nitrogen and oxygen atoms in total. The maximum Gasteiger partial charge on any atom is 0.424 e. The van der Waals surface area contributed by atoms with Crippen molar-refractivity contribution >= 4 is 35.6 Å². The van der Waals surface area contributed by atoms with Gasteiger partial charge in [-0.15, -0.1) is 6.58 Å². The van der Waals surface area contributed by atoms with Crippen LogP contribution in [0.15, 0.2) is 18.7 Å². The summed E-state index contributed by atoms with van der Waals surface area (Å²) in [5, 5.41) is 0. The molecule has 0 saturated carbocycles. The van der Waals surface area contributed by atoms with E-state index in [0.717, 1.165) is 12.0 Å². The van der Waals surface area contributed by atoms with Crippen LogP contribution < -0.4 is 9.80 Å². The molecule has 1 atom stereocenters. The molecule has 0 aromatic carbocycles. The lowest BCUT2D eigenvalue weighted by Crippen LogP contribution is -2.51. The monoisotopic (exact) mass is 559 g/mol. The van der Waals surface area contributed by atoms with Gasteiger partial charge >= 0.3 is 24.3 Å². The number of carbonyl (C=O) groups excluding carboxylic acids is 4. The minimum atomic E-state index is -5.16. The van der Waals surface area contributed by atoms with Crippen LogP contribution >= 0.6 is 0 Å². The SMILES string of the molecule is C=CC[C@@H]1COCC(=O)N1c1nc(C(=O)OC)c(N(C(=O)OC(C)(C)C)C(=O)OC(C)(C)C)cc1C(F)(F)F. The molecule has 0 bridgehead atoms. The summed E-state index contributed by atoms with van der Waals surface area (Å²) >= 11 is 0. The molecule has 1 aliphatic heterocycles. The second kappa shape index (κ2) is 11.6. The van der Waals surface area contributed by atoms with Gasteiger partial charge in [-0.2, -0.15) is 18.1 Å². The Kier molecular flexibility index (Phi) is 9.38. The molecular weight excluding hydrogens is 527 g/mol. The molecule has 1 fully saturated rings. The Labute approximate surface area is 223 Å². The number of imide groups is 1. The van der Waals surface area contributed by atoms with E-state index in [-0.39, 0.29) is 17.9 Å². The largest absolute Gasteiger partial charge is 0.464 e. The van der Waals surface area contributed by atoms with Crippen LogP contribution in [-0.4, -0.2) is 66.6 Å². The maximum atomic E-state index is 14.4. The molecule has 0 N–H and O–H groups in total. The quantitative estimate of drug-likeness (QED) is 0.282. The van der Waals surface area contributed by atoms with E-state index in [1.165, 1.54) is 47.6 Å². The summed E-state index contributed by atoms with van der Waals surface area (Å²) in [4.78, 5) is 56.6. The van der Waals surface area contributed by atoms with Crippen LogP contribution in [0.2, 0.25) is 0 Å². The van der Waals surface area contributed by atoms with Gasteiger partial charge in [0.1, 0.15) is 29.2 Å². The van der Waals surface area contributed by atoms with Crippen molar-refractivity contribution in [3.05, 3.63) is 30.0 Å². The van der Waals surface area contributed by atoms with Gasteiger partial charge < -0.3 is 18.9 Å². The first-order chi connectivity index (χ1) is 17.8. The number of carbonyl (C=O) groups is 4. The number of esters is 1. The van der Waals surface area contributed by atoms with Crippen molar-refractivity contribution in [1.82, 2.24) is 4.98 Å². The zero-order valence-corrected chi connectivity index (χ0v) is 22.8. The van der Waals surface area contributed by atoms with Gasteiger partial charge in [0.05, 0.1) is 25.4 Å². The van der Waals surface area contributed by atoms with Crippen molar-refractivity contribution in [3.63, 3.8) is 0 Å². The Hall–Kier alpha value is -3.68. The molecule has 14 heteroatoms. The molecule has 0 radical (unpaired) electrons. The lowest BCUT2D eigenvalue weighted by atomic mass is 10.1. The molecule has 216 valence electrons. The van der Waals surface area contributed by atoms with Crippen molar-refractivity contribution in [3.8, 4) is 0 Å². The summed E-state index contributed by atoms with van der Waals surface area (Å²) < 4.78 is 63.7. The average Bonchev–Trinajstić information content (AvgIpc) is 2.76. The van der Waals surface area contributed by atoms with Gasteiger partial charge in [-0.05, 0) is 54.0 Å². The first kappa shape index (κ1) is 31.5. The number of anilines is 2. The summed E-state index contributed by atoms with van der Waals surface area (Å²) in [5.41, 5.74) is -5.68. The van der Waals surface area contributed by atoms with Gasteiger partial charge in [-0.25, -0.2) is 19.4 Å². The highest BCUT2D eigenvalue weighted by Crippen LogP contribution is 2.41. The van der Waals surface area contributed by atoms with Gasteiger partial charge in [-0.1, -0.05) is 6.08 Å². The molecule has 0 spiro atoms. The molecule has 1 aromatic rings. The van der Waals surface area contributed by atoms with Crippen LogP contribution in [0, 0.1) is 0 Å². The van der Waals surface area contributed by atoms with Crippen LogP contribution in [0.3, 0.4) is 0 Å². The highest BCUT2D eigenvalue weighted by molar-refractivity contribution is 6.13. The van der Waals surface area contributed by atoms with Gasteiger partial charge in [-0.3, -0.25) is 9.69 Å². The predicted molar refractivity (Wildman–Crippen MR) is 132 cm³/mol. The van der Waals surface area contributed by atoms with E-state index in [9.17, 15) is 32.3 Å². The Morgan fingerprint density at radius 3 is 2.10 bits per heavy atom. The summed E-state index contributed by atoms with van der Waals surface area (Å²) in [7, 11) is 0.927. The number of hydrogen-bond donors (Lipinski definition) is 0. The molecular formula is C25H32F3N3O8. The summed E-state index contributed by atoms with van der Waals surface area (Å²) in [6.45, 7) is 11.7. The number of alkyl halides is 3. The van der Waals surface area contributed by atoms with E-state index in [1.54, 1.807) is 0 Å². The van der Waals surface area contributed by atoms with Gasteiger partial charge in [0.2, 0.25) is 0 Å². The number of hydrogen-bond acceptors (Lipinski definition) is 9. The Bertz CT molecular complexity index is 1110. The standard InChI is InChI=1S/C25H32F3N3O8/c1-9-10-14-12-37-13-17(32)30(14)19-15(25(26,27)28)11-16(18(29-19)20(33)36-8)31(21(34)38-23(2,3)4)22(35)39-24(5,6)7/h9,11,14H,1,10,12-13H2,2-8H3/t14-/m1/s1. The topological polar surface area (TPSA) is 125 Å². The van der Waals surface area contributed by atoms with Gasteiger partial charge in [0.15, 0.2) is 5.69 Å². The van der Waals surface area contributed by atoms with Gasteiger partial charge in [0, 0.05) is 0 Å². The summed E-state index contributed by atoms with van der Waals surface area (Å²) in [6.07, 6.45) is -6.60. The Balaban J connectivity index is 2.94. The van der Waals surface area contributed by atoms with Gasteiger partial charge in [0.25, 0.3) is 5.91 Å². The fraction of sp³-hybridized carbons (Fsp3) is 0.560. The molecule has 2 rings (SSSR count). The molecule has 39 heavy (non-hydrogen) atoms. The maximum absolute atomic E-state index is 14.4. The van der Waals surface area contributed by atoms with Crippen molar-refractivity contribution in [1.29, 1.82) is 0 Å². The van der Waals surface area contributed by atoms with Crippen molar-refractivity contribution in [2.75, 3.05) is 30.1 Å². The number of ether oxygens (including phenoxy) is 4. The average molecular weight is 560 g/mol. The molecule has 0 unspecified atom stereocenters. The number of morpholine rings is 1. The van der Waals surface area contributed by atoms with E-state index in [2.05, 4.69) is 11.6 Å². The molecule has 3 amide bonds. The van der Waals surface area contributed by atoms with Crippen LogP contribution in [-0.2, 0) is 29.9 Å². The first-order valence-electron chi connectivity index (χ1n) is 11.8. The zero-order chi connectivity index (χ0) is 29.9. The van der Waals surface area contributed by atoms with E-state index in [0.29, 0.717) is 6.07 Å². The lowest BCUT2D eigenvalue weighted by Gasteiger charge is -2.36. The van der Waals surface area contributed by atoms with Crippen LogP contribution in [0.1, 0.15) is 64.0 Å². The van der Waals surface area contributed by atoms with Crippen molar-refractivity contribution in [2.24, 2.45) is 0 Å². The molecule has 1 aliphatic rings. The van der Waals surface area contributed by atoms with E-state index < -0.39 is 76.9 Å². The smallest absolute Gasteiger partial charge is 0.424 e. The predicted octanol–water partition coefficient (Wildman–Crippen LogP) is 4.87. The second-order valence-electron chi connectivity index (χ2n) is 10.5. The summed E-state index contributed by atoms with van der Waals surface area (Å²) in [6, 6.07) is -0.572. The number of rotatable bonds is 5. The van der Waals surface area contributed by atoms with Crippen molar-refractivity contribution < 1.29 is 51.3 Å². The number of nitrogens with zero attached hydrogens (tertiary/aromatic N) is 3. The third-order valence-electron chi connectivity index (χ3n) is 4.90. The van der Waals surface area contributed by atoms with E-state index >= 15 is 0 Å². The molecule has 0 aliphatic carbocycles. The number of amides is 3. The number of aromatic nitrogens is 1. The van der Waals surface area contributed by atoms with Crippen LogP contribution in [0.5, 0.6) is 0 Å². The first-order valence-corrected chi connectivity index (χ1v) is 11.8.